The highest BCUT2D eigenvalue weighted by molar-refractivity contribution is 7.91. The number of aromatic nitrogens is 3. The van der Waals surface area contributed by atoms with Crippen LogP contribution in [-0.2, 0) is 15.6 Å². The van der Waals surface area contributed by atoms with Crippen LogP contribution in [0.5, 0.6) is 0 Å². The Morgan fingerprint density at radius 3 is 2.75 bits per heavy atom. The lowest BCUT2D eigenvalue weighted by atomic mass is 10.3. The molecule has 20 heavy (non-hydrogen) atoms. The molecule has 0 N–H and O–H groups in total. The molecule has 0 amide bonds. The molecular formula is C13H15N3O3S. The number of hydrogen-bond donors (Lipinski definition) is 0. The van der Waals surface area contributed by atoms with Crippen LogP contribution < -0.4 is 0 Å². The molecule has 0 aromatic carbocycles. The molecule has 2 aromatic heterocycles. The predicted octanol–water partition coefficient (Wildman–Crippen LogP) is 1.99. The van der Waals surface area contributed by atoms with Gasteiger partial charge in [0, 0.05) is 6.20 Å². The summed E-state index contributed by atoms with van der Waals surface area (Å²) in [7, 11) is -3.20. The second-order valence-corrected chi connectivity index (χ2v) is 7.22. The Morgan fingerprint density at radius 1 is 1.25 bits per heavy atom. The van der Waals surface area contributed by atoms with Gasteiger partial charge in [-0.05, 0) is 25.0 Å². The van der Waals surface area contributed by atoms with E-state index < -0.39 is 9.84 Å². The minimum atomic E-state index is -3.20. The highest BCUT2D eigenvalue weighted by Gasteiger charge is 2.30. The fourth-order valence-corrected chi connectivity index (χ4v) is 4.20. The maximum atomic E-state index is 12.2. The third-order valence-corrected chi connectivity index (χ3v) is 5.63. The molecule has 1 aliphatic rings. The highest BCUT2D eigenvalue weighted by Crippen LogP contribution is 2.27. The van der Waals surface area contributed by atoms with Gasteiger partial charge in [0.25, 0.3) is 0 Å². The Morgan fingerprint density at radius 2 is 2.05 bits per heavy atom. The first kappa shape index (κ1) is 13.2. The predicted molar refractivity (Wildman–Crippen MR) is 72.4 cm³/mol. The van der Waals surface area contributed by atoms with Gasteiger partial charge in [0.05, 0.1) is 5.25 Å². The number of pyridine rings is 1. The molecule has 0 saturated heterocycles. The topological polar surface area (TPSA) is 86.0 Å². The second-order valence-electron chi connectivity index (χ2n) is 4.94. The smallest absolute Gasteiger partial charge is 0.242 e. The molecule has 0 unspecified atom stereocenters. The van der Waals surface area contributed by atoms with Crippen molar-refractivity contribution in [1.82, 2.24) is 15.1 Å². The largest absolute Gasteiger partial charge is 0.338 e. The van der Waals surface area contributed by atoms with Crippen LogP contribution in [0, 0.1) is 0 Å². The zero-order chi connectivity index (χ0) is 14.0. The molecule has 0 radical (unpaired) electrons. The lowest BCUT2D eigenvalue weighted by Crippen LogP contribution is -2.19. The molecule has 6 nitrogen and oxygen atoms in total. The Kier molecular flexibility index (Phi) is 3.52. The van der Waals surface area contributed by atoms with Gasteiger partial charge in [-0.3, -0.25) is 4.98 Å². The maximum Gasteiger partial charge on any atom is 0.242 e. The van der Waals surface area contributed by atoms with Crippen LogP contribution in [0.25, 0.3) is 11.5 Å². The van der Waals surface area contributed by atoms with Gasteiger partial charge in [0.2, 0.25) is 11.7 Å². The number of rotatable bonds is 4. The van der Waals surface area contributed by atoms with Gasteiger partial charge in [-0.2, -0.15) is 4.98 Å². The van der Waals surface area contributed by atoms with Crippen molar-refractivity contribution < 1.29 is 12.9 Å². The summed E-state index contributed by atoms with van der Waals surface area (Å²) < 4.78 is 29.4. The average molecular weight is 293 g/mol. The molecule has 1 aliphatic carbocycles. The number of sulfone groups is 1. The molecule has 2 heterocycles. The zero-order valence-electron chi connectivity index (χ0n) is 10.9. The van der Waals surface area contributed by atoms with Crippen LogP contribution in [0.4, 0.5) is 0 Å². The van der Waals surface area contributed by atoms with Crippen LogP contribution in [0.2, 0.25) is 0 Å². The molecule has 0 spiro atoms. The first-order chi connectivity index (χ1) is 9.65. The van der Waals surface area contributed by atoms with E-state index in [0.29, 0.717) is 11.5 Å². The fourth-order valence-electron chi connectivity index (χ4n) is 2.45. The van der Waals surface area contributed by atoms with Gasteiger partial charge in [0.1, 0.15) is 11.4 Å². The van der Waals surface area contributed by atoms with E-state index in [1.807, 2.05) is 6.07 Å². The van der Waals surface area contributed by atoms with Crippen molar-refractivity contribution in [2.45, 2.75) is 36.7 Å². The highest BCUT2D eigenvalue weighted by atomic mass is 32.2. The second kappa shape index (κ2) is 5.32. The molecule has 106 valence electrons. The van der Waals surface area contributed by atoms with Gasteiger partial charge in [0.15, 0.2) is 9.84 Å². The third-order valence-electron chi connectivity index (χ3n) is 3.50. The molecule has 0 atom stereocenters. The summed E-state index contributed by atoms with van der Waals surface area (Å²) in [5.74, 6) is 0.275. The molecule has 1 fully saturated rings. The third kappa shape index (κ3) is 2.72. The van der Waals surface area contributed by atoms with E-state index in [9.17, 15) is 8.42 Å². The van der Waals surface area contributed by atoms with E-state index in [-0.39, 0.29) is 16.9 Å². The van der Waals surface area contributed by atoms with E-state index in [4.69, 9.17) is 4.52 Å². The molecule has 7 heteroatoms. The first-order valence-electron chi connectivity index (χ1n) is 6.61. The van der Waals surface area contributed by atoms with E-state index in [2.05, 4.69) is 15.1 Å². The van der Waals surface area contributed by atoms with Crippen molar-refractivity contribution in [3.63, 3.8) is 0 Å². The van der Waals surface area contributed by atoms with E-state index in [0.717, 1.165) is 25.7 Å². The molecule has 1 saturated carbocycles. The SMILES string of the molecule is O=S(=O)(Cc1nc(-c2ccccn2)no1)C1CCCC1. The number of hydrogen-bond acceptors (Lipinski definition) is 6. The van der Waals surface area contributed by atoms with Crippen molar-refractivity contribution in [3.05, 3.63) is 30.3 Å². The van der Waals surface area contributed by atoms with Crippen molar-refractivity contribution in [3.8, 4) is 11.5 Å². The molecule has 0 aliphatic heterocycles. The zero-order valence-corrected chi connectivity index (χ0v) is 11.7. The van der Waals surface area contributed by atoms with Crippen molar-refractivity contribution in [1.29, 1.82) is 0 Å². The van der Waals surface area contributed by atoms with Crippen LogP contribution in [0.15, 0.2) is 28.9 Å². The standard InChI is InChI=1S/C13H15N3O3S/c17-20(18,10-5-1-2-6-10)9-12-15-13(16-19-12)11-7-3-4-8-14-11/h3-4,7-8,10H,1-2,5-6,9H2. The van der Waals surface area contributed by atoms with Crippen molar-refractivity contribution in [2.24, 2.45) is 0 Å². The van der Waals surface area contributed by atoms with Gasteiger partial charge < -0.3 is 4.52 Å². The monoisotopic (exact) mass is 293 g/mol. The Labute approximate surface area is 117 Å². The summed E-state index contributed by atoms with van der Waals surface area (Å²) in [6.45, 7) is 0. The Hall–Kier alpha value is -1.76. The summed E-state index contributed by atoms with van der Waals surface area (Å²) in [5.41, 5.74) is 0.570. The van der Waals surface area contributed by atoms with Crippen molar-refractivity contribution in [2.75, 3.05) is 0 Å². The van der Waals surface area contributed by atoms with Crippen molar-refractivity contribution >= 4 is 9.84 Å². The molecule has 3 rings (SSSR count). The minimum absolute atomic E-state index is 0.137. The lowest BCUT2D eigenvalue weighted by Gasteiger charge is -2.07. The van der Waals surface area contributed by atoms with Gasteiger partial charge in [-0.1, -0.05) is 24.1 Å². The van der Waals surface area contributed by atoms with Crippen LogP contribution >= 0.6 is 0 Å². The lowest BCUT2D eigenvalue weighted by molar-refractivity contribution is 0.388. The summed E-state index contributed by atoms with van der Waals surface area (Å²) >= 11 is 0. The summed E-state index contributed by atoms with van der Waals surface area (Å²) in [6.07, 6.45) is 5.06. The van der Waals surface area contributed by atoms with Gasteiger partial charge in [-0.15, -0.1) is 0 Å². The first-order valence-corrected chi connectivity index (χ1v) is 8.32. The van der Waals surface area contributed by atoms with Crippen LogP contribution in [0.1, 0.15) is 31.6 Å². The Balaban J connectivity index is 1.78. The number of nitrogens with zero attached hydrogens (tertiary/aromatic N) is 3. The summed E-state index contributed by atoms with van der Waals surface area (Å²) in [6, 6.07) is 5.35. The van der Waals surface area contributed by atoms with E-state index in [1.165, 1.54) is 0 Å². The molecular weight excluding hydrogens is 278 g/mol. The average Bonchev–Trinajstić information content (AvgIpc) is 3.10. The summed E-state index contributed by atoms with van der Waals surface area (Å²) in [5, 5.41) is 3.53. The van der Waals surface area contributed by atoms with Crippen LogP contribution in [-0.4, -0.2) is 28.8 Å². The molecule has 0 bridgehead atoms. The summed E-state index contributed by atoms with van der Waals surface area (Å²) in [4.78, 5) is 8.22. The molecule has 2 aromatic rings. The van der Waals surface area contributed by atoms with Gasteiger partial charge >= 0.3 is 0 Å². The maximum absolute atomic E-state index is 12.2. The van der Waals surface area contributed by atoms with Crippen LogP contribution in [0.3, 0.4) is 0 Å². The van der Waals surface area contributed by atoms with E-state index >= 15 is 0 Å². The van der Waals surface area contributed by atoms with Gasteiger partial charge in [-0.25, -0.2) is 8.42 Å². The van der Waals surface area contributed by atoms with E-state index in [1.54, 1.807) is 18.3 Å². The quantitative estimate of drug-likeness (QED) is 0.857. The Bertz CT molecular complexity index is 676. The fraction of sp³-hybridized carbons (Fsp3) is 0.462. The normalized spacial score (nSPS) is 16.6. The minimum Gasteiger partial charge on any atom is -0.338 e.